The Morgan fingerprint density at radius 3 is 2.45 bits per heavy atom. The van der Waals surface area contributed by atoms with Gasteiger partial charge in [-0.25, -0.2) is 26.6 Å². The summed E-state index contributed by atoms with van der Waals surface area (Å²) in [6, 6.07) is 0.140. The molecule has 1 aromatic carbocycles. The third kappa shape index (κ3) is 6.47. The summed E-state index contributed by atoms with van der Waals surface area (Å²) < 4.78 is 118. The normalized spacial score (nSPS) is 13.6. The second kappa shape index (κ2) is 11.5. The van der Waals surface area contributed by atoms with Crippen molar-refractivity contribution in [1.29, 1.82) is 0 Å². The van der Waals surface area contributed by atoms with Crippen LogP contribution in [0, 0.1) is 11.2 Å². The number of halogens is 6. The summed E-state index contributed by atoms with van der Waals surface area (Å²) >= 11 is 0.701. The van der Waals surface area contributed by atoms with Gasteiger partial charge in [-0.05, 0) is 26.8 Å². The lowest BCUT2D eigenvalue weighted by Crippen LogP contribution is -2.43. The standard InChI is InChI=1S/C23H23F6N3O6S2/c1-10(23(27,28)29)32-40(35,36)15-6-5-12(16(17(15)24)19(25)26)18-14(9-33)30-20(39-18)13-7-11(38-31-13)8-22(2,3)21(34)37-4/h5-7,10,19,32-33H,8-9H2,1-4H3/t10-/m0/s1. The van der Waals surface area contributed by atoms with Crippen LogP contribution in [0.25, 0.3) is 21.1 Å². The van der Waals surface area contributed by atoms with Crippen molar-refractivity contribution in [3.63, 3.8) is 0 Å². The van der Waals surface area contributed by atoms with E-state index in [1.54, 1.807) is 13.8 Å². The maximum Gasteiger partial charge on any atom is 0.404 e. The molecular weight excluding hydrogens is 592 g/mol. The van der Waals surface area contributed by atoms with Crippen LogP contribution in [0.15, 0.2) is 27.6 Å². The first-order chi connectivity index (χ1) is 18.4. The van der Waals surface area contributed by atoms with E-state index in [-0.39, 0.29) is 33.5 Å². The van der Waals surface area contributed by atoms with E-state index in [0.717, 1.165) is 6.07 Å². The van der Waals surface area contributed by atoms with Gasteiger partial charge in [0.25, 0.3) is 6.43 Å². The van der Waals surface area contributed by atoms with Crippen LogP contribution in [0.2, 0.25) is 0 Å². The van der Waals surface area contributed by atoms with Gasteiger partial charge >= 0.3 is 12.1 Å². The Bertz CT molecular complexity index is 1500. The quantitative estimate of drug-likeness (QED) is 0.241. The smallest absolute Gasteiger partial charge is 0.404 e. The number of nitrogens with one attached hydrogen (secondary N) is 1. The molecule has 0 spiro atoms. The molecule has 2 heterocycles. The van der Waals surface area contributed by atoms with Crippen LogP contribution >= 0.6 is 11.3 Å². The number of nitrogens with zero attached hydrogens (tertiary/aromatic N) is 2. The average Bonchev–Trinajstić information content (AvgIpc) is 3.48. The third-order valence-corrected chi connectivity index (χ3v) is 8.41. The van der Waals surface area contributed by atoms with E-state index in [1.165, 1.54) is 17.9 Å². The third-order valence-electron chi connectivity index (χ3n) is 5.70. The predicted molar refractivity (Wildman–Crippen MR) is 129 cm³/mol. The number of ether oxygens (including phenoxy) is 1. The molecule has 0 aliphatic rings. The summed E-state index contributed by atoms with van der Waals surface area (Å²) in [6.07, 6.45) is -8.53. The minimum atomic E-state index is -5.20. The molecule has 0 amide bonds. The molecule has 1 atom stereocenters. The zero-order valence-corrected chi connectivity index (χ0v) is 22.9. The molecule has 220 valence electrons. The first-order valence-electron chi connectivity index (χ1n) is 11.3. The molecule has 2 N–H and O–H groups in total. The van der Waals surface area contributed by atoms with Crippen molar-refractivity contribution in [3.8, 4) is 21.1 Å². The van der Waals surface area contributed by atoms with E-state index >= 15 is 4.39 Å². The van der Waals surface area contributed by atoms with Crippen molar-refractivity contribution >= 4 is 27.3 Å². The largest absolute Gasteiger partial charge is 0.469 e. The van der Waals surface area contributed by atoms with E-state index in [4.69, 9.17) is 9.26 Å². The highest BCUT2D eigenvalue weighted by Gasteiger charge is 2.40. The van der Waals surface area contributed by atoms with Gasteiger partial charge in [0.05, 0.1) is 35.3 Å². The van der Waals surface area contributed by atoms with Crippen LogP contribution in [0.1, 0.15) is 44.2 Å². The number of hydrogen-bond acceptors (Lipinski definition) is 9. The van der Waals surface area contributed by atoms with Crippen LogP contribution < -0.4 is 4.72 Å². The summed E-state index contributed by atoms with van der Waals surface area (Å²) in [7, 11) is -3.97. The van der Waals surface area contributed by atoms with E-state index in [0.29, 0.717) is 24.3 Å². The van der Waals surface area contributed by atoms with Crippen molar-refractivity contribution in [1.82, 2.24) is 14.9 Å². The molecule has 2 aromatic heterocycles. The highest BCUT2D eigenvalue weighted by molar-refractivity contribution is 7.89. The summed E-state index contributed by atoms with van der Waals surface area (Å²) in [5.41, 5.74) is -2.99. The van der Waals surface area contributed by atoms with Gasteiger partial charge < -0.3 is 14.4 Å². The lowest BCUT2D eigenvalue weighted by Gasteiger charge is -2.19. The van der Waals surface area contributed by atoms with Gasteiger partial charge in [0.15, 0.2) is 5.82 Å². The molecule has 0 aliphatic heterocycles. The van der Waals surface area contributed by atoms with Gasteiger partial charge in [-0.2, -0.15) is 17.9 Å². The van der Waals surface area contributed by atoms with Gasteiger partial charge in [0.1, 0.15) is 27.4 Å². The molecular formula is C23H23F6N3O6S2. The van der Waals surface area contributed by atoms with Crippen LogP contribution in [-0.2, 0) is 32.6 Å². The molecule has 0 bridgehead atoms. The molecule has 40 heavy (non-hydrogen) atoms. The fourth-order valence-electron chi connectivity index (χ4n) is 3.61. The number of benzene rings is 1. The maximum absolute atomic E-state index is 15.2. The number of aromatic nitrogens is 2. The molecule has 17 heteroatoms. The van der Waals surface area contributed by atoms with Crippen LogP contribution in [0.4, 0.5) is 26.3 Å². The number of esters is 1. The number of carbonyl (C=O) groups excluding carboxylic acids is 1. The average molecular weight is 616 g/mol. The zero-order chi connectivity index (χ0) is 30.2. The Balaban J connectivity index is 2.06. The van der Waals surface area contributed by atoms with Gasteiger partial charge in [-0.15, -0.1) is 11.3 Å². The van der Waals surface area contributed by atoms with Crippen LogP contribution in [0.5, 0.6) is 0 Å². The fraction of sp³-hybridized carbons (Fsp3) is 0.435. The lowest BCUT2D eigenvalue weighted by molar-refractivity contribution is -0.151. The van der Waals surface area contributed by atoms with Gasteiger partial charge in [-0.3, -0.25) is 4.79 Å². The molecule has 3 rings (SSSR count). The topological polar surface area (TPSA) is 132 Å². The summed E-state index contributed by atoms with van der Waals surface area (Å²) in [5, 5.41) is 13.7. The van der Waals surface area contributed by atoms with Gasteiger partial charge in [0, 0.05) is 18.1 Å². The summed E-state index contributed by atoms with van der Waals surface area (Å²) in [4.78, 5) is 14.5. The molecule has 0 radical (unpaired) electrons. The molecule has 0 fully saturated rings. The van der Waals surface area contributed by atoms with Gasteiger partial charge in [0.2, 0.25) is 10.0 Å². The molecule has 0 unspecified atom stereocenters. The van der Waals surface area contributed by atoms with Gasteiger partial charge in [-0.1, -0.05) is 11.2 Å². The Morgan fingerprint density at radius 2 is 1.90 bits per heavy atom. The molecule has 0 saturated carbocycles. The number of rotatable bonds is 10. The Morgan fingerprint density at radius 1 is 1.25 bits per heavy atom. The van der Waals surface area contributed by atoms with E-state index in [2.05, 4.69) is 10.1 Å². The molecule has 0 aliphatic carbocycles. The number of aliphatic hydroxyl groups is 1. The minimum absolute atomic E-state index is 0.0583. The van der Waals surface area contributed by atoms with Crippen LogP contribution in [0.3, 0.4) is 0 Å². The Hall–Kier alpha value is -3.02. The highest BCUT2D eigenvalue weighted by atomic mass is 32.2. The zero-order valence-electron chi connectivity index (χ0n) is 21.3. The van der Waals surface area contributed by atoms with Crippen molar-refractivity contribution < 1.29 is 53.9 Å². The van der Waals surface area contributed by atoms with Crippen molar-refractivity contribution in [2.24, 2.45) is 5.41 Å². The number of alkyl halides is 5. The summed E-state index contributed by atoms with van der Waals surface area (Å²) in [5.74, 6) is -2.22. The Kier molecular flexibility index (Phi) is 9.03. The maximum atomic E-state index is 15.2. The number of hydrogen-bond donors (Lipinski definition) is 2. The second-order valence-corrected chi connectivity index (χ2v) is 11.9. The Labute approximate surface area is 228 Å². The SMILES string of the molecule is COC(=O)C(C)(C)Cc1cc(-c2nc(CO)c(-c3ccc(S(=O)(=O)N[C@@H](C)C(F)(F)F)c(F)c3C(F)F)s2)no1. The van der Waals surface area contributed by atoms with Crippen LogP contribution in [-0.4, -0.2) is 49.0 Å². The second-order valence-electron chi connectivity index (χ2n) is 9.21. The predicted octanol–water partition coefficient (Wildman–Crippen LogP) is 5.00. The number of aliphatic hydroxyl groups excluding tert-OH is 1. The monoisotopic (exact) mass is 615 g/mol. The minimum Gasteiger partial charge on any atom is -0.469 e. The number of sulfonamides is 1. The molecule has 0 saturated heterocycles. The molecule has 3 aromatic rings. The fourth-order valence-corrected chi connectivity index (χ4v) is 6.00. The van der Waals surface area contributed by atoms with Crippen molar-refractivity contribution in [2.75, 3.05) is 7.11 Å². The first-order valence-corrected chi connectivity index (χ1v) is 13.6. The van der Waals surface area contributed by atoms with Crippen molar-refractivity contribution in [3.05, 3.63) is 41.0 Å². The van der Waals surface area contributed by atoms with E-state index in [1.807, 2.05) is 0 Å². The first kappa shape index (κ1) is 31.5. The number of thiazole rings is 1. The number of methoxy groups -OCH3 is 1. The summed E-state index contributed by atoms with van der Waals surface area (Å²) in [6.45, 7) is 2.89. The highest BCUT2D eigenvalue weighted by Crippen LogP contribution is 2.42. The lowest BCUT2D eigenvalue weighted by atomic mass is 9.88. The van der Waals surface area contributed by atoms with E-state index in [9.17, 15) is 40.3 Å². The number of carbonyl (C=O) groups is 1. The van der Waals surface area contributed by atoms with Crippen molar-refractivity contribution in [2.45, 2.75) is 57.3 Å². The molecule has 9 nitrogen and oxygen atoms in total. The van der Waals surface area contributed by atoms with E-state index < -0.39 is 68.5 Å².